The molecule has 1 N–H and O–H groups in total. The van der Waals surface area contributed by atoms with E-state index in [1.165, 1.54) is 12.1 Å². The Labute approximate surface area is 124 Å². The van der Waals surface area contributed by atoms with Gasteiger partial charge in [0.25, 0.3) is 0 Å². The number of aromatic nitrogens is 2. The van der Waals surface area contributed by atoms with Gasteiger partial charge in [0.2, 0.25) is 0 Å². The second-order valence-corrected chi connectivity index (χ2v) is 6.62. The number of nitrogens with zero attached hydrogens (tertiary/aromatic N) is 3. The molecule has 1 heterocycles. The minimum absolute atomic E-state index is 0.00576. The van der Waals surface area contributed by atoms with Crippen molar-refractivity contribution in [1.82, 2.24) is 14.9 Å². The number of nitrogens with one attached hydrogen (secondary N) is 1. The molecular weight excluding hydrogens is 288 g/mol. The molecule has 0 aliphatic carbocycles. The summed E-state index contributed by atoms with van der Waals surface area (Å²) in [4.78, 5) is 4.12. The summed E-state index contributed by atoms with van der Waals surface area (Å²) in [5.74, 6) is 0.00576. The van der Waals surface area contributed by atoms with Crippen LogP contribution in [0.3, 0.4) is 0 Å². The fourth-order valence-electron chi connectivity index (χ4n) is 1.84. The second-order valence-electron chi connectivity index (χ2n) is 4.51. The van der Waals surface area contributed by atoms with Gasteiger partial charge >= 0.3 is 0 Å². The van der Waals surface area contributed by atoms with Crippen LogP contribution in [-0.2, 0) is 16.4 Å². The van der Waals surface area contributed by atoms with E-state index in [-0.39, 0.29) is 10.6 Å². The van der Waals surface area contributed by atoms with E-state index >= 15 is 0 Å². The maximum Gasteiger partial charge on any atom is 0.179 e. The zero-order valence-electron chi connectivity index (χ0n) is 11.4. The molecule has 2 rings (SSSR count). The van der Waals surface area contributed by atoms with Gasteiger partial charge in [-0.15, -0.1) is 0 Å². The highest BCUT2D eigenvalue weighted by Crippen LogP contribution is 2.12. The Bertz CT molecular complexity index is 718. The van der Waals surface area contributed by atoms with Crippen molar-refractivity contribution in [2.75, 3.05) is 18.8 Å². The molecule has 110 valence electrons. The Morgan fingerprint density at radius 2 is 2.19 bits per heavy atom. The molecular formula is C14H16N4O2S. The predicted octanol–water partition coefficient (Wildman–Crippen LogP) is 0.818. The zero-order chi connectivity index (χ0) is 15.1. The van der Waals surface area contributed by atoms with Crippen molar-refractivity contribution in [3.63, 3.8) is 0 Å². The first-order valence-electron chi connectivity index (χ1n) is 6.51. The molecule has 0 radical (unpaired) electrons. The largest absolute Gasteiger partial charge is 0.336 e. The molecule has 0 bridgehead atoms. The number of sulfone groups is 1. The van der Waals surface area contributed by atoms with Crippen LogP contribution in [0, 0.1) is 11.3 Å². The van der Waals surface area contributed by atoms with Crippen LogP contribution in [-0.4, -0.2) is 36.8 Å². The monoisotopic (exact) mass is 304 g/mol. The second kappa shape index (κ2) is 7.02. The summed E-state index contributed by atoms with van der Waals surface area (Å²) >= 11 is 0. The SMILES string of the molecule is N#Cc1cccc(S(=O)(=O)CCNCCn2ccnc2)c1. The van der Waals surface area contributed by atoms with Crippen molar-refractivity contribution in [3.05, 3.63) is 48.5 Å². The molecule has 0 saturated heterocycles. The maximum absolute atomic E-state index is 12.1. The topological polar surface area (TPSA) is 87.8 Å². The Morgan fingerprint density at radius 3 is 2.90 bits per heavy atom. The smallest absolute Gasteiger partial charge is 0.179 e. The number of imidazole rings is 1. The van der Waals surface area contributed by atoms with Gasteiger partial charge in [-0.25, -0.2) is 13.4 Å². The van der Waals surface area contributed by atoms with Gasteiger partial charge in [-0.2, -0.15) is 5.26 Å². The molecule has 6 nitrogen and oxygen atoms in total. The number of benzene rings is 1. The summed E-state index contributed by atoms with van der Waals surface area (Å²) in [6.07, 6.45) is 5.27. The third kappa shape index (κ3) is 4.41. The van der Waals surface area contributed by atoms with Crippen LogP contribution in [0.15, 0.2) is 47.9 Å². The predicted molar refractivity (Wildman–Crippen MR) is 78.3 cm³/mol. The summed E-state index contributed by atoms with van der Waals surface area (Å²) in [5.41, 5.74) is 0.351. The molecule has 0 aliphatic heterocycles. The summed E-state index contributed by atoms with van der Waals surface area (Å²) in [6.45, 7) is 1.78. The van der Waals surface area contributed by atoms with E-state index in [9.17, 15) is 8.42 Å². The van der Waals surface area contributed by atoms with Crippen LogP contribution in [0.5, 0.6) is 0 Å². The lowest BCUT2D eigenvalue weighted by Crippen LogP contribution is -2.26. The van der Waals surface area contributed by atoms with Gasteiger partial charge in [0.1, 0.15) is 0 Å². The van der Waals surface area contributed by atoms with Crippen molar-refractivity contribution in [3.8, 4) is 6.07 Å². The van der Waals surface area contributed by atoms with Crippen LogP contribution >= 0.6 is 0 Å². The average molecular weight is 304 g/mol. The Balaban J connectivity index is 1.82. The highest BCUT2D eigenvalue weighted by molar-refractivity contribution is 7.91. The van der Waals surface area contributed by atoms with E-state index in [0.29, 0.717) is 18.7 Å². The number of nitriles is 1. The lowest BCUT2D eigenvalue weighted by molar-refractivity contribution is 0.582. The first kappa shape index (κ1) is 15.2. The van der Waals surface area contributed by atoms with Gasteiger partial charge in [-0.1, -0.05) is 6.07 Å². The molecule has 0 unspecified atom stereocenters. The van der Waals surface area contributed by atoms with Crippen molar-refractivity contribution in [2.45, 2.75) is 11.4 Å². The first-order chi connectivity index (χ1) is 10.1. The molecule has 0 amide bonds. The van der Waals surface area contributed by atoms with Gasteiger partial charge in [0, 0.05) is 32.0 Å². The molecule has 1 aromatic heterocycles. The number of rotatable bonds is 7. The summed E-state index contributed by atoms with van der Waals surface area (Å²) in [6, 6.07) is 8.03. The molecule has 1 aromatic carbocycles. The van der Waals surface area contributed by atoms with E-state index in [1.807, 2.05) is 16.8 Å². The third-order valence-electron chi connectivity index (χ3n) is 2.98. The highest BCUT2D eigenvalue weighted by Gasteiger charge is 2.14. The van der Waals surface area contributed by atoms with E-state index in [1.54, 1.807) is 24.7 Å². The van der Waals surface area contributed by atoms with Crippen LogP contribution in [0.4, 0.5) is 0 Å². The lowest BCUT2D eigenvalue weighted by Gasteiger charge is -2.07. The van der Waals surface area contributed by atoms with Crippen molar-refractivity contribution in [2.24, 2.45) is 0 Å². The van der Waals surface area contributed by atoms with Gasteiger partial charge in [0.15, 0.2) is 9.84 Å². The fraction of sp³-hybridized carbons (Fsp3) is 0.286. The molecule has 7 heteroatoms. The fourth-order valence-corrected chi connectivity index (χ4v) is 3.08. The molecule has 0 aliphatic rings. The molecule has 2 aromatic rings. The van der Waals surface area contributed by atoms with Gasteiger partial charge in [-0.05, 0) is 18.2 Å². The van der Waals surface area contributed by atoms with E-state index in [4.69, 9.17) is 5.26 Å². The van der Waals surface area contributed by atoms with Gasteiger partial charge < -0.3 is 9.88 Å². The zero-order valence-corrected chi connectivity index (χ0v) is 12.3. The molecule has 21 heavy (non-hydrogen) atoms. The Kier molecular flexibility index (Phi) is 5.09. The standard InChI is InChI=1S/C14H16N4O2S/c15-11-13-2-1-3-14(10-13)21(19,20)9-6-16-4-7-18-8-5-17-12-18/h1-3,5,8,10,12,16H,4,6-7,9H2. The summed E-state index contributed by atoms with van der Waals surface area (Å²) in [5, 5.41) is 11.9. The highest BCUT2D eigenvalue weighted by atomic mass is 32.2. The van der Waals surface area contributed by atoms with E-state index < -0.39 is 9.84 Å². The summed E-state index contributed by atoms with van der Waals surface area (Å²) in [7, 11) is -3.36. The normalized spacial score (nSPS) is 11.2. The minimum atomic E-state index is -3.36. The van der Waals surface area contributed by atoms with Crippen molar-refractivity contribution >= 4 is 9.84 Å². The van der Waals surface area contributed by atoms with E-state index in [0.717, 1.165) is 6.54 Å². The molecule has 0 fully saturated rings. The lowest BCUT2D eigenvalue weighted by atomic mass is 10.2. The van der Waals surface area contributed by atoms with Crippen LogP contribution in [0.2, 0.25) is 0 Å². The van der Waals surface area contributed by atoms with Crippen molar-refractivity contribution in [1.29, 1.82) is 5.26 Å². The maximum atomic E-state index is 12.1. The molecule has 0 saturated carbocycles. The Hall–Kier alpha value is -2.17. The molecule has 0 spiro atoms. The van der Waals surface area contributed by atoms with Gasteiger partial charge in [0.05, 0.1) is 28.6 Å². The van der Waals surface area contributed by atoms with Crippen LogP contribution in [0.25, 0.3) is 0 Å². The van der Waals surface area contributed by atoms with Gasteiger partial charge in [-0.3, -0.25) is 0 Å². The quantitative estimate of drug-likeness (QED) is 0.765. The number of hydrogen-bond acceptors (Lipinski definition) is 5. The van der Waals surface area contributed by atoms with Crippen molar-refractivity contribution < 1.29 is 8.42 Å². The van der Waals surface area contributed by atoms with E-state index in [2.05, 4.69) is 10.3 Å². The van der Waals surface area contributed by atoms with Crippen LogP contribution < -0.4 is 5.32 Å². The average Bonchev–Trinajstić information content (AvgIpc) is 3.00. The minimum Gasteiger partial charge on any atom is -0.336 e. The third-order valence-corrected chi connectivity index (χ3v) is 4.69. The number of hydrogen-bond donors (Lipinski definition) is 1. The summed E-state index contributed by atoms with van der Waals surface area (Å²) < 4.78 is 26.2. The molecule has 0 atom stereocenters. The first-order valence-corrected chi connectivity index (χ1v) is 8.16. The van der Waals surface area contributed by atoms with Crippen LogP contribution in [0.1, 0.15) is 5.56 Å². The Morgan fingerprint density at radius 1 is 1.33 bits per heavy atom.